The van der Waals surface area contributed by atoms with Gasteiger partial charge in [-0.2, -0.15) is 0 Å². The first-order valence-electron chi connectivity index (χ1n) is 6.81. The van der Waals surface area contributed by atoms with Crippen LogP contribution < -0.4 is 0 Å². The van der Waals surface area contributed by atoms with Gasteiger partial charge in [-0.1, -0.05) is 78.1 Å². The van der Waals surface area contributed by atoms with E-state index in [0.29, 0.717) is 0 Å². The zero-order valence-electron chi connectivity index (χ0n) is 11.4. The first kappa shape index (κ1) is 18.3. The van der Waals surface area contributed by atoms with E-state index in [-0.39, 0.29) is 5.24 Å². The van der Waals surface area contributed by atoms with Crippen molar-refractivity contribution in [2.24, 2.45) is 0 Å². The minimum Gasteiger partial charge on any atom is -0.282 e. The molecule has 0 aromatic carbocycles. The van der Waals surface area contributed by atoms with Gasteiger partial charge in [0.15, 0.2) is 0 Å². The van der Waals surface area contributed by atoms with E-state index >= 15 is 0 Å². The quantitative estimate of drug-likeness (QED) is 0.378. The molecular weight excluding hydrogens is 220 g/mol. The van der Waals surface area contributed by atoms with E-state index in [1.54, 1.807) is 0 Å². The molecule has 0 aromatic rings. The first-order valence-corrected chi connectivity index (χ1v) is 7.19. The number of hydrogen-bond donors (Lipinski definition) is 0. The Hall–Kier alpha value is -0.0400. The molecule has 0 fully saturated rings. The molecule has 0 radical (unpaired) electrons. The highest BCUT2D eigenvalue weighted by Gasteiger charge is 1.90. The van der Waals surface area contributed by atoms with E-state index in [4.69, 9.17) is 0 Å². The summed E-state index contributed by atoms with van der Waals surface area (Å²) in [7, 11) is 0. The van der Waals surface area contributed by atoms with Gasteiger partial charge in [0.25, 0.3) is 0 Å². The molecule has 0 N–H and O–H groups in total. The molecule has 16 heavy (non-hydrogen) atoms. The van der Waals surface area contributed by atoms with Crippen molar-refractivity contribution in [3.8, 4) is 0 Å². The number of halogens is 1. The number of rotatable bonds is 9. The van der Waals surface area contributed by atoms with Crippen LogP contribution in [0.4, 0.5) is 0 Å². The van der Waals surface area contributed by atoms with Crippen molar-refractivity contribution in [1.82, 2.24) is 0 Å². The summed E-state index contributed by atoms with van der Waals surface area (Å²) in [4.78, 5) is 9.21. The topological polar surface area (TPSA) is 17.1 Å². The second-order valence-electron chi connectivity index (χ2n) is 4.30. The Morgan fingerprint density at radius 2 is 0.938 bits per heavy atom. The molecule has 0 amide bonds. The Morgan fingerprint density at radius 1 is 0.750 bits per heavy atom. The van der Waals surface area contributed by atoms with Gasteiger partial charge in [0.05, 0.1) is 0 Å². The molecule has 0 aliphatic heterocycles. The number of carbonyl (C=O) groups is 1. The van der Waals surface area contributed by atoms with Crippen LogP contribution in [-0.4, -0.2) is 5.24 Å². The third-order valence-corrected chi connectivity index (χ3v) is 2.46. The minimum atomic E-state index is -0.361. The lowest BCUT2D eigenvalue weighted by molar-refractivity contribution is -0.109. The van der Waals surface area contributed by atoms with E-state index in [9.17, 15) is 4.79 Å². The predicted molar refractivity (Wildman–Crippen MR) is 74.1 cm³/mol. The normalized spacial score (nSPS) is 9.50. The van der Waals surface area contributed by atoms with Crippen molar-refractivity contribution >= 4 is 16.8 Å². The lowest BCUT2D eigenvalue weighted by Crippen LogP contribution is -1.80. The summed E-state index contributed by atoms with van der Waals surface area (Å²) in [5, 5.41) is -0.361. The van der Waals surface area contributed by atoms with Crippen LogP contribution in [0.15, 0.2) is 0 Å². The van der Waals surface area contributed by atoms with E-state index in [1.165, 1.54) is 71.1 Å². The van der Waals surface area contributed by atoms with Gasteiger partial charge in [0, 0.05) is 6.92 Å². The van der Waals surface area contributed by atoms with Crippen LogP contribution in [0, 0.1) is 0 Å². The summed E-state index contributed by atoms with van der Waals surface area (Å²) < 4.78 is 0. The predicted octanol–water partition coefficient (Wildman–Crippen LogP) is 5.70. The summed E-state index contributed by atoms with van der Waals surface area (Å²) in [6, 6.07) is 0. The van der Waals surface area contributed by atoms with Crippen LogP contribution in [0.1, 0.15) is 85.0 Å². The van der Waals surface area contributed by atoms with Crippen molar-refractivity contribution in [1.29, 1.82) is 0 Å². The molecule has 0 aliphatic carbocycles. The minimum absolute atomic E-state index is 0.361. The number of hydrogen-bond acceptors (Lipinski definition) is 1. The van der Waals surface area contributed by atoms with Crippen LogP contribution in [0.5, 0.6) is 0 Å². The standard InChI is InChI=1S/C12H26.C2H3ClO/c1-3-5-7-9-11-12-10-8-6-4-2;1-2(3)4/h3-12H2,1-2H3;1H3. The fourth-order valence-electron chi connectivity index (χ4n) is 1.56. The molecule has 0 atom stereocenters. The molecule has 0 unspecified atom stereocenters. The van der Waals surface area contributed by atoms with Gasteiger partial charge in [0.1, 0.15) is 0 Å². The summed E-state index contributed by atoms with van der Waals surface area (Å²) in [5.41, 5.74) is 0. The molecule has 98 valence electrons. The average molecular weight is 249 g/mol. The first-order chi connectivity index (χ1) is 7.65. The summed E-state index contributed by atoms with van der Waals surface area (Å²) in [5.74, 6) is 0. The van der Waals surface area contributed by atoms with Crippen molar-refractivity contribution in [3.63, 3.8) is 0 Å². The zero-order valence-corrected chi connectivity index (χ0v) is 12.1. The largest absolute Gasteiger partial charge is 0.282 e. The van der Waals surface area contributed by atoms with Crippen LogP contribution in [0.3, 0.4) is 0 Å². The van der Waals surface area contributed by atoms with Gasteiger partial charge in [-0.25, -0.2) is 0 Å². The highest BCUT2D eigenvalue weighted by Crippen LogP contribution is 2.09. The molecule has 0 rings (SSSR count). The van der Waals surface area contributed by atoms with E-state index < -0.39 is 0 Å². The van der Waals surface area contributed by atoms with Gasteiger partial charge in [-0.3, -0.25) is 4.79 Å². The summed E-state index contributed by atoms with van der Waals surface area (Å²) in [6.45, 7) is 5.85. The highest BCUT2D eigenvalue weighted by molar-refractivity contribution is 6.62. The zero-order chi connectivity index (χ0) is 12.6. The molecule has 0 aromatic heterocycles. The van der Waals surface area contributed by atoms with Crippen molar-refractivity contribution in [2.45, 2.75) is 85.0 Å². The summed E-state index contributed by atoms with van der Waals surface area (Å²) in [6.07, 6.45) is 14.4. The number of unbranched alkanes of at least 4 members (excludes halogenated alkanes) is 9. The SMILES string of the molecule is CC(=O)Cl.CCCCCCCCCCCC. The molecule has 0 heterocycles. The molecule has 0 spiro atoms. The van der Waals surface area contributed by atoms with Crippen LogP contribution in [0.2, 0.25) is 0 Å². The van der Waals surface area contributed by atoms with Crippen LogP contribution in [-0.2, 0) is 4.79 Å². The van der Waals surface area contributed by atoms with E-state index in [2.05, 4.69) is 25.4 Å². The molecule has 0 aliphatic rings. The van der Waals surface area contributed by atoms with Crippen molar-refractivity contribution < 1.29 is 4.79 Å². The Morgan fingerprint density at radius 3 is 1.12 bits per heavy atom. The van der Waals surface area contributed by atoms with Crippen molar-refractivity contribution in [3.05, 3.63) is 0 Å². The monoisotopic (exact) mass is 248 g/mol. The molecule has 1 nitrogen and oxygen atoms in total. The Bertz CT molecular complexity index is 121. The second-order valence-corrected chi connectivity index (χ2v) is 4.83. The Balaban J connectivity index is 0. The van der Waals surface area contributed by atoms with E-state index in [0.717, 1.165) is 0 Å². The van der Waals surface area contributed by atoms with Gasteiger partial charge < -0.3 is 0 Å². The summed E-state index contributed by atoms with van der Waals surface area (Å²) >= 11 is 4.64. The van der Waals surface area contributed by atoms with Gasteiger partial charge in [-0.05, 0) is 11.6 Å². The molecule has 0 saturated heterocycles. The average Bonchev–Trinajstić information content (AvgIpc) is 2.21. The molecule has 0 bridgehead atoms. The van der Waals surface area contributed by atoms with Crippen molar-refractivity contribution in [2.75, 3.05) is 0 Å². The fraction of sp³-hybridized carbons (Fsp3) is 0.929. The maximum atomic E-state index is 9.21. The van der Waals surface area contributed by atoms with Gasteiger partial charge >= 0.3 is 0 Å². The van der Waals surface area contributed by atoms with E-state index in [1.807, 2.05) is 0 Å². The highest BCUT2D eigenvalue weighted by atomic mass is 35.5. The second kappa shape index (κ2) is 17.4. The third-order valence-electron chi connectivity index (χ3n) is 2.46. The molecule has 2 heteroatoms. The lowest BCUT2D eigenvalue weighted by Gasteiger charge is -1.99. The Labute approximate surface area is 107 Å². The number of carbonyl (C=O) groups excluding carboxylic acids is 1. The fourth-order valence-corrected chi connectivity index (χ4v) is 1.56. The van der Waals surface area contributed by atoms with Gasteiger partial charge in [0.2, 0.25) is 5.24 Å². The Kier molecular flexibility index (Phi) is 19.9. The smallest absolute Gasteiger partial charge is 0.218 e. The van der Waals surface area contributed by atoms with Gasteiger partial charge in [-0.15, -0.1) is 0 Å². The third kappa shape index (κ3) is 29.2. The molecular formula is C14H29ClO. The van der Waals surface area contributed by atoms with Crippen LogP contribution in [0.25, 0.3) is 0 Å². The molecule has 0 saturated carbocycles. The maximum absolute atomic E-state index is 9.21. The lowest BCUT2D eigenvalue weighted by atomic mass is 10.1. The maximum Gasteiger partial charge on any atom is 0.218 e. The van der Waals surface area contributed by atoms with Crippen LogP contribution >= 0.6 is 11.6 Å².